The highest BCUT2D eigenvalue weighted by atomic mass is 16.5. The molecule has 8 aromatic carbocycles. The number of benzene rings is 8. The predicted octanol–water partition coefficient (Wildman–Crippen LogP) is 13.0. The quantitative estimate of drug-likeness (QED) is 0.166. The zero-order valence-corrected chi connectivity index (χ0v) is 38.7. The minimum Gasteiger partial charge on any atom is -0.483 e. The van der Waals surface area contributed by atoms with Crippen LogP contribution in [0.3, 0.4) is 0 Å². The van der Waals surface area contributed by atoms with E-state index in [0.29, 0.717) is 17.5 Å². The van der Waals surface area contributed by atoms with Crippen LogP contribution in [0.25, 0.3) is 71.9 Å². The molecule has 0 spiro atoms. The average molecular weight is 912 g/mol. The third-order valence-electron chi connectivity index (χ3n) is 15.4. The van der Waals surface area contributed by atoms with Gasteiger partial charge in [-0.1, -0.05) is 188 Å². The Morgan fingerprint density at radius 2 is 1.24 bits per heavy atom. The van der Waals surface area contributed by atoms with E-state index in [9.17, 15) is 0 Å². The van der Waals surface area contributed by atoms with Crippen LogP contribution in [0.15, 0.2) is 230 Å². The molecule has 71 heavy (non-hydrogen) atoms. The van der Waals surface area contributed by atoms with E-state index in [1.807, 2.05) is 0 Å². The van der Waals surface area contributed by atoms with Crippen molar-refractivity contribution in [3.63, 3.8) is 0 Å². The Kier molecular flexibility index (Phi) is 8.94. The minimum absolute atomic E-state index is 0.120. The lowest BCUT2D eigenvalue weighted by Gasteiger charge is -2.32. The van der Waals surface area contributed by atoms with Gasteiger partial charge in [0, 0.05) is 55.6 Å². The van der Waals surface area contributed by atoms with Crippen LogP contribution < -0.4 is 20.1 Å². The van der Waals surface area contributed by atoms with Gasteiger partial charge in [-0.25, -0.2) is 15.0 Å². The van der Waals surface area contributed by atoms with E-state index in [4.69, 9.17) is 19.7 Å². The third kappa shape index (κ3) is 6.24. The van der Waals surface area contributed by atoms with Crippen LogP contribution >= 0.6 is 0 Å². The van der Waals surface area contributed by atoms with Crippen molar-refractivity contribution in [3.8, 4) is 28.3 Å². The SMILES string of the molecule is C1=CCCC(N2c3ccccc3C3C=C(c4nc(C5=c6ccccc6=C(n6c7ccccc7c7cc8ccccc8cc76)C6Oc7ccccc7C56)nc(-c5ccc(-c6ccccc6)cc5)n4)C=CC32)=C1. The summed E-state index contributed by atoms with van der Waals surface area (Å²) in [5, 5.41) is 7.02. The maximum absolute atomic E-state index is 7.31. The van der Waals surface area contributed by atoms with Crippen molar-refractivity contribution in [2.75, 3.05) is 4.90 Å². The molecular formula is C65H45N5O. The summed E-state index contributed by atoms with van der Waals surface area (Å²) in [5.41, 5.74) is 13.7. The zero-order chi connectivity index (χ0) is 46.6. The van der Waals surface area contributed by atoms with Gasteiger partial charge in [-0.05, 0) is 81.9 Å². The van der Waals surface area contributed by atoms with Crippen molar-refractivity contribution < 1.29 is 4.74 Å². The Morgan fingerprint density at radius 3 is 2.10 bits per heavy atom. The number of ether oxygens (including phenoxy) is 1. The largest absolute Gasteiger partial charge is 0.483 e. The van der Waals surface area contributed by atoms with Crippen molar-refractivity contribution in [2.45, 2.75) is 36.8 Å². The van der Waals surface area contributed by atoms with Gasteiger partial charge in [-0.2, -0.15) is 0 Å². The average Bonchev–Trinajstić information content (AvgIpc) is 4.10. The van der Waals surface area contributed by atoms with E-state index in [1.165, 1.54) is 38.5 Å². The molecule has 336 valence electrons. The van der Waals surface area contributed by atoms with Gasteiger partial charge in [0.15, 0.2) is 23.6 Å². The maximum Gasteiger partial charge on any atom is 0.164 e. The summed E-state index contributed by atoms with van der Waals surface area (Å²) in [4.78, 5) is 19.1. The van der Waals surface area contributed by atoms with E-state index < -0.39 is 6.10 Å². The lowest BCUT2D eigenvalue weighted by molar-refractivity contribution is 0.273. The molecule has 0 saturated carbocycles. The number of rotatable bonds is 6. The number of anilines is 1. The summed E-state index contributed by atoms with van der Waals surface area (Å²) in [6.45, 7) is 0. The summed E-state index contributed by atoms with van der Waals surface area (Å²) < 4.78 is 9.79. The molecule has 6 heteroatoms. The molecule has 5 aliphatic rings. The van der Waals surface area contributed by atoms with Crippen molar-refractivity contribution in [3.05, 3.63) is 263 Å². The maximum atomic E-state index is 7.31. The monoisotopic (exact) mass is 911 g/mol. The van der Waals surface area contributed by atoms with Gasteiger partial charge >= 0.3 is 0 Å². The normalized spacial score (nSPS) is 19.5. The van der Waals surface area contributed by atoms with Crippen LogP contribution in [0.2, 0.25) is 0 Å². The lowest BCUT2D eigenvalue weighted by Crippen LogP contribution is -2.44. The number of allylic oxidation sites excluding steroid dienone is 6. The summed E-state index contributed by atoms with van der Waals surface area (Å²) in [5.74, 6) is 2.70. The van der Waals surface area contributed by atoms with Crippen LogP contribution in [0.5, 0.6) is 5.75 Å². The number of nitrogens with zero attached hydrogens (tertiary/aromatic N) is 5. The van der Waals surface area contributed by atoms with E-state index in [-0.39, 0.29) is 17.9 Å². The fourth-order valence-electron chi connectivity index (χ4n) is 12.2. The van der Waals surface area contributed by atoms with E-state index >= 15 is 0 Å². The molecule has 0 fully saturated rings. The van der Waals surface area contributed by atoms with E-state index in [1.54, 1.807) is 0 Å². The predicted molar refractivity (Wildman–Crippen MR) is 287 cm³/mol. The second kappa shape index (κ2) is 15.8. The van der Waals surface area contributed by atoms with Crippen molar-refractivity contribution in [1.82, 2.24) is 19.5 Å². The van der Waals surface area contributed by atoms with Gasteiger partial charge < -0.3 is 14.2 Å². The van der Waals surface area contributed by atoms with Gasteiger partial charge in [0.2, 0.25) is 0 Å². The molecule has 0 amide bonds. The van der Waals surface area contributed by atoms with Gasteiger partial charge in [-0.3, -0.25) is 0 Å². The molecule has 15 rings (SSSR count). The first-order valence-corrected chi connectivity index (χ1v) is 24.8. The Morgan fingerprint density at radius 1 is 0.549 bits per heavy atom. The summed E-state index contributed by atoms with van der Waals surface area (Å²) >= 11 is 0. The van der Waals surface area contributed by atoms with Gasteiger partial charge in [0.1, 0.15) is 5.75 Å². The molecule has 4 atom stereocenters. The Hall–Kier alpha value is -8.87. The van der Waals surface area contributed by atoms with Gasteiger partial charge in [0.05, 0.1) is 28.7 Å². The minimum atomic E-state index is -0.393. The van der Waals surface area contributed by atoms with Crippen LogP contribution in [0, 0.1) is 0 Å². The highest BCUT2D eigenvalue weighted by Gasteiger charge is 2.45. The van der Waals surface area contributed by atoms with Crippen LogP contribution in [-0.4, -0.2) is 31.7 Å². The van der Waals surface area contributed by atoms with Crippen LogP contribution in [0.4, 0.5) is 5.69 Å². The molecule has 0 saturated heterocycles. The van der Waals surface area contributed by atoms with Crippen LogP contribution in [-0.2, 0) is 0 Å². The molecule has 0 N–H and O–H groups in total. The molecule has 0 radical (unpaired) electrons. The van der Waals surface area contributed by atoms with Crippen molar-refractivity contribution >= 4 is 55.1 Å². The third-order valence-corrected chi connectivity index (χ3v) is 15.4. The Bertz CT molecular complexity index is 4120. The first kappa shape index (κ1) is 40.1. The number of hydrogen-bond acceptors (Lipinski definition) is 5. The molecule has 3 aliphatic carbocycles. The van der Waals surface area contributed by atoms with E-state index in [0.717, 1.165) is 79.2 Å². The molecule has 2 aliphatic heterocycles. The molecular weight excluding hydrogens is 867 g/mol. The first-order chi connectivity index (χ1) is 35.2. The topological polar surface area (TPSA) is 56.1 Å². The number of aromatic nitrogens is 4. The highest BCUT2D eigenvalue weighted by Crippen LogP contribution is 2.51. The lowest BCUT2D eigenvalue weighted by atomic mass is 9.80. The second-order valence-electron chi connectivity index (χ2n) is 19.3. The summed E-state index contributed by atoms with van der Waals surface area (Å²) in [6, 6.07) is 67.7. The fourth-order valence-corrected chi connectivity index (χ4v) is 12.2. The van der Waals surface area contributed by atoms with Gasteiger partial charge in [0.25, 0.3) is 0 Å². The van der Waals surface area contributed by atoms with E-state index in [2.05, 4.69) is 234 Å². The summed E-state index contributed by atoms with van der Waals surface area (Å²) in [6.07, 6.45) is 15.4. The first-order valence-electron chi connectivity index (χ1n) is 24.8. The molecule has 6 nitrogen and oxygen atoms in total. The second-order valence-corrected chi connectivity index (χ2v) is 19.3. The number of hydrogen-bond donors (Lipinski definition) is 0. The molecule has 2 aromatic heterocycles. The van der Waals surface area contributed by atoms with Gasteiger partial charge in [-0.15, -0.1) is 0 Å². The van der Waals surface area contributed by atoms with Crippen molar-refractivity contribution in [2.24, 2.45) is 0 Å². The standard InChI is InChI=1S/C65H45N5O/c1-3-17-40(18-4-1)41-31-33-42(34-32-41)63-66-64(45-35-36-56-52(38-45)47-23-11-14-28-54(47)69(56)46-21-5-2-6-22-46)68-65(67-63)60-49-25-9-10-26-50(49)61(62-59(60)51-27-13-16-30-58(51)71-62)70-55-29-15-12-24-48(55)53-37-43-19-7-8-20-44(43)39-57(53)70/h1-5,7-21,23-39,52,56,59,62H,6,22H2. The Labute approximate surface area is 410 Å². The number of fused-ring (bicyclic) bond motifs is 11. The zero-order valence-electron chi connectivity index (χ0n) is 38.7. The highest BCUT2D eigenvalue weighted by molar-refractivity contribution is 6.14. The fraction of sp³-hybridized carbons (Fsp3) is 0.0923. The summed E-state index contributed by atoms with van der Waals surface area (Å²) in [7, 11) is 0. The number of para-hydroxylation sites is 3. The molecule has 4 heterocycles. The van der Waals surface area contributed by atoms with Crippen LogP contribution in [0.1, 0.15) is 47.5 Å². The smallest absolute Gasteiger partial charge is 0.164 e. The van der Waals surface area contributed by atoms with Crippen molar-refractivity contribution in [1.29, 1.82) is 0 Å². The molecule has 0 bridgehead atoms. The molecule has 4 unspecified atom stereocenters. The Balaban J connectivity index is 0.986. The molecule has 10 aromatic rings.